The van der Waals surface area contributed by atoms with E-state index >= 15 is 0 Å². The first-order chi connectivity index (χ1) is 26.8. The molecule has 8 rings (SSSR count). The fraction of sp³-hybridized carbons (Fsp3) is 0.476. The van der Waals surface area contributed by atoms with E-state index in [1.807, 2.05) is 26.2 Å². The lowest BCUT2D eigenvalue weighted by molar-refractivity contribution is -0.145. The standard InChI is InChI=1S/C42H50N8O6/c1-5-31(37(51)55-39(43)53)49-21-41(13-14-41)17-33(49)35-45-19-29(47-35)26-9-7-25(8-10-26)27-11-12-28(24(4)23(27)3)30-20-46-36(48-30)34-18-42(15-16-42)22-50(34)32(6-2)38(52)56-40(44)54/h7-12,19-20,31-34H,5-6,13-18,21-22H2,1-4H3,(H2,43,53)(H2,44,54)(H,45,47)(H,46,48)/t31-,32-,33-,34-/m0/s1. The molecule has 294 valence electrons. The van der Waals surface area contributed by atoms with Crippen LogP contribution in [0.15, 0.2) is 48.8 Å². The number of esters is 2. The van der Waals surface area contributed by atoms with Crippen molar-refractivity contribution in [2.24, 2.45) is 22.3 Å². The molecule has 2 spiro atoms. The van der Waals surface area contributed by atoms with E-state index in [4.69, 9.17) is 30.9 Å². The number of hydrogen-bond acceptors (Lipinski definition) is 10. The van der Waals surface area contributed by atoms with Gasteiger partial charge in [0.1, 0.15) is 23.7 Å². The monoisotopic (exact) mass is 762 g/mol. The van der Waals surface area contributed by atoms with Crippen molar-refractivity contribution in [2.45, 2.75) is 103 Å². The summed E-state index contributed by atoms with van der Waals surface area (Å²) in [4.78, 5) is 69.4. The van der Waals surface area contributed by atoms with E-state index in [1.54, 1.807) is 0 Å². The molecule has 2 aromatic heterocycles. The number of aromatic nitrogens is 4. The molecule has 2 saturated carbocycles. The predicted octanol–water partition coefficient (Wildman–Crippen LogP) is 6.61. The second kappa shape index (κ2) is 14.3. The van der Waals surface area contributed by atoms with Crippen LogP contribution in [-0.2, 0) is 19.1 Å². The van der Waals surface area contributed by atoms with E-state index in [-0.39, 0.29) is 22.9 Å². The highest BCUT2D eigenvalue weighted by Gasteiger charge is 2.56. The number of ether oxygens (including phenoxy) is 2. The van der Waals surface area contributed by atoms with Crippen LogP contribution in [0.2, 0.25) is 0 Å². The zero-order valence-electron chi connectivity index (χ0n) is 32.4. The van der Waals surface area contributed by atoms with Crippen LogP contribution in [0, 0.1) is 24.7 Å². The van der Waals surface area contributed by atoms with Crippen molar-refractivity contribution >= 4 is 24.1 Å². The SMILES string of the molecule is CC[C@@H](C(=O)OC(N)=O)N1CC2(CC2)C[C@H]1c1ncc(-c2ccc(-c3ccc(-c4cnc([C@@H]5CC6(CC6)CN5[C@@H](CC)C(=O)OC(N)=O)[nH]4)c(C)c3C)cc2)[nH]1. The highest BCUT2D eigenvalue weighted by molar-refractivity contribution is 5.87. The fourth-order valence-electron chi connectivity index (χ4n) is 9.38. The second-order valence-electron chi connectivity index (χ2n) is 16.5. The molecule has 56 heavy (non-hydrogen) atoms. The number of benzene rings is 2. The Hall–Kier alpha value is -5.34. The molecule has 4 aromatic rings. The van der Waals surface area contributed by atoms with Gasteiger partial charge in [-0.1, -0.05) is 50.2 Å². The number of carbonyl (C=O) groups is 4. The smallest absolute Gasteiger partial charge is 0.375 e. The van der Waals surface area contributed by atoms with Crippen LogP contribution in [0.3, 0.4) is 0 Å². The Bertz CT molecular complexity index is 2180. The molecule has 4 fully saturated rings. The molecule has 2 aromatic carbocycles. The molecular formula is C42H50N8O6. The van der Waals surface area contributed by atoms with Crippen molar-refractivity contribution in [3.63, 3.8) is 0 Å². The maximum absolute atomic E-state index is 12.9. The molecule has 0 unspecified atom stereocenters. The number of amides is 2. The molecule has 2 aliphatic carbocycles. The summed E-state index contributed by atoms with van der Waals surface area (Å²) >= 11 is 0. The number of rotatable bonds is 11. The van der Waals surface area contributed by atoms with E-state index < -0.39 is 36.2 Å². The first-order valence-electron chi connectivity index (χ1n) is 19.7. The van der Waals surface area contributed by atoms with Crippen LogP contribution in [-0.4, -0.2) is 79.0 Å². The van der Waals surface area contributed by atoms with Crippen LogP contribution < -0.4 is 11.5 Å². The van der Waals surface area contributed by atoms with Gasteiger partial charge in [-0.05, 0) is 104 Å². The topological polar surface area (TPSA) is 203 Å². The van der Waals surface area contributed by atoms with Crippen LogP contribution in [0.4, 0.5) is 9.59 Å². The summed E-state index contributed by atoms with van der Waals surface area (Å²) in [5, 5.41) is 0. The molecule has 4 aliphatic rings. The van der Waals surface area contributed by atoms with Gasteiger partial charge in [0.15, 0.2) is 0 Å². The highest BCUT2D eigenvalue weighted by atomic mass is 16.6. The fourth-order valence-corrected chi connectivity index (χ4v) is 9.38. The van der Waals surface area contributed by atoms with Crippen LogP contribution in [0.5, 0.6) is 0 Å². The van der Waals surface area contributed by atoms with Gasteiger partial charge >= 0.3 is 24.1 Å². The van der Waals surface area contributed by atoms with Crippen molar-refractivity contribution in [2.75, 3.05) is 13.1 Å². The first-order valence-corrected chi connectivity index (χ1v) is 19.7. The van der Waals surface area contributed by atoms with Gasteiger partial charge in [0.05, 0.1) is 35.9 Å². The minimum Gasteiger partial charge on any atom is -0.375 e. The van der Waals surface area contributed by atoms with Crippen LogP contribution in [0.25, 0.3) is 33.6 Å². The molecule has 6 N–H and O–H groups in total. The van der Waals surface area contributed by atoms with E-state index in [9.17, 15) is 19.2 Å². The number of H-pyrrole nitrogens is 2. The second-order valence-corrected chi connectivity index (χ2v) is 16.5. The van der Waals surface area contributed by atoms with Gasteiger partial charge in [0.2, 0.25) is 0 Å². The van der Waals surface area contributed by atoms with Crippen molar-refractivity contribution in [1.29, 1.82) is 0 Å². The summed E-state index contributed by atoms with van der Waals surface area (Å²) in [5.74, 6) is 0.368. The molecule has 4 heterocycles. The van der Waals surface area contributed by atoms with Crippen molar-refractivity contribution in [1.82, 2.24) is 29.7 Å². The lowest BCUT2D eigenvalue weighted by Gasteiger charge is -2.29. The van der Waals surface area contributed by atoms with E-state index in [0.717, 1.165) is 108 Å². The summed E-state index contributed by atoms with van der Waals surface area (Å²) in [6.07, 6.45) is 8.75. The van der Waals surface area contributed by atoms with E-state index in [1.165, 1.54) is 0 Å². The van der Waals surface area contributed by atoms with Gasteiger partial charge in [-0.3, -0.25) is 9.80 Å². The zero-order chi connectivity index (χ0) is 39.5. The third-order valence-corrected chi connectivity index (χ3v) is 12.9. The van der Waals surface area contributed by atoms with E-state index in [0.29, 0.717) is 12.8 Å². The highest BCUT2D eigenvalue weighted by Crippen LogP contribution is 2.60. The molecule has 2 amide bonds. The van der Waals surface area contributed by atoms with Gasteiger partial charge in [-0.25, -0.2) is 29.1 Å². The Morgan fingerprint density at radius 1 is 0.696 bits per heavy atom. The molecule has 2 aliphatic heterocycles. The Balaban J connectivity index is 0.991. The summed E-state index contributed by atoms with van der Waals surface area (Å²) in [6.45, 7) is 9.59. The average molecular weight is 763 g/mol. The molecule has 0 bridgehead atoms. The van der Waals surface area contributed by atoms with Gasteiger partial charge in [-0.15, -0.1) is 0 Å². The van der Waals surface area contributed by atoms with E-state index in [2.05, 4.69) is 70.0 Å². The Kier molecular flexibility index (Phi) is 9.60. The maximum Gasteiger partial charge on any atom is 0.412 e. The third-order valence-electron chi connectivity index (χ3n) is 12.9. The quantitative estimate of drug-likeness (QED) is 0.0952. The van der Waals surface area contributed by atoms with Gasteiger partial charge in [0, 0.05) is 18.7 Å². The molecular weight excluding hydrogens is 713 g/mol. The predicted molar refractivity (Wildman–Crippen MR) is 207 cm³/mol. The van der Waals surface area contributed by atoms with Crippen molar-refractivity contribution in [3.8, 4) is 33.6 Å². The Morgan fingerprint density at radius 2 is 1.12 bits per heavy atom. The van der Waals surface area contributed by atoms with Crippen molar-refractivity contribution < 1.29 is 28.7 Å². The summed E-state index contributed by atoms with van der Waals surface area (Å²) in [6, 6.07) is 11.3. The normalized spacial score (nSPS) is 21.9. The number of likely N-dealkylation sites (tertiary alicyclic amines) is 2. The summed E-state index contributed by atoms with van der Waals surface area (Å²) in [5.41, 5.74) is 19.1. The summed E-state index contributed by atoms with van der Waals surface area (Å²) < 4.78 is 9.63. The number of carbonyl (C=O) groups excluding carboxylic acids is 4. The first kappa shape index (κ1) is 37.6. The summed E-state index contributed by atoms with van der Waals surface area (Å²) in [7, 11) is 0. The number of imidazole rings is 2. The Morgan fingerprint density at radius 3 is 1.59 bits per heavy atom. The third kappa shape index (κ3) is 7.00. The van der Waals surface area contributed by atoms with Crippen molar-refractivity contribution in [3.05, 3.63) is 71.6 Å². The van der Waals surface area contributed by atoms with Crippen LogP contribution >= 0.6 is 0 Å². The maximum atomic E-state index is 12.9. The molecule has 0 radical (unpaired) electrons. The molecule has 14 nitrogen and oxygen atoms in total. The number of primary amides is 2. The van der Waals surface area contributed by atoms with Crippen LogP contribution in [0.1, 0.15) is 100 Å². The number of aromatic amines is 2. The lowest BCUT2D eigenvalue weighted by Crippen LogP contribution is -2.43. The molecule has 4 atom stereocenters. The van der Waals surface area contributed by atoms with Gasteiger partial charge in [0.25, 0.3) is 0 Å². The van der Waals surface area contributed by atoms with Gasteiger partial charge < -0.3 is 30.9 Å². The minimum atomic E-state index is -1.09. The largest absolute Gasteiger partial charge is 0.412 e. The number of nitrogens with zero attached hydrogens (tertiary/aromatic N) is 4. The number of hydrogen-bond donors (Lipinski definition) is 4. The Labute approximate surface area is 325 Å². The molecule has 2 saturated heterocycles. The zero-order valence-corrected chi connectivity index (χ0v) is 32.4. The number of nitrogens with two attached hydrogens (primary N) is 2. The lowest BCUT2D eigenvalue weighted by atomic mass is 9.92. The average Bonchev–Trinajstić information content (AvgIpc) is 3.75. The number of nitrogens with one attached hydrogen (secondary N) is 2. The van der Waals surface area contributed by atoms with Gasteiger partial charge in [-0.2, -0.15) is 0 Å². The molecule has 14 heteroatoms. The minimum absolute atomic E-state index is 0.0988.